The molecule has 0 aliphatic rings. The lowest BCUT2D eigenvalue weighted by Crippen LogP contribution is -2.16. The van der Waals surface area contributed by atoms with E-state index >= 15 is 0 Å². The van der Waals surface area contributed by atoms with Gasteiger partial charge in [0.15, 0.2) is 5.82 Å². The van der Waals surface area contributed by atoms with Crippen LogP contribution in [0.1, 0.15) is 43.1 Å². The first-order valence-corrected chi connectivity index (χ1v) is 8.78. The number of nitrogen functional groups attached to an aromatic ring is 1. The molecule has 2 N–H and O–H groups in total. The Kier molecular flexibility index (Phi) is 6.21. The van der Waals surface area contributed by atoms with E-state index in [1.807, 2.05) is 25.1 Å². The van der Waals surface area contributed by atoms with E-state index in [2.05, 4.69) is 24.0 Å². The lowest BCUT2D eigenvalue weighted by atomic mass is 10.0. The summed E-state index contributed by atoms with van der Waals surface area (Å²) in [6.45, 7) is 6.20. The Balaban J connectivity index is 2.02. The molecular formula is C16H21F3N4OS. The van der Waals surface area contributed by atoms with Crippen LogP contribution in [0.5, 0.6) is 5.75 Å². The van der Waals surface area contributed by atoms with E-state index in [0.29, 0.717) is 11.7 Å². The average Bonchev–Trinajstić information content (AvgIpc) is 2.84. The predicted octanol–water partition coefficient (Wildman–Crippen LogP) is 4.05. The van der Waals surface area contributed by atoms with Crippen molar-refractivity contribution in [3.8, 4) is 5.75 Å². The molecule has 1 heterocycles. The van der Waals surface area contributed by atoms with Gasteiger partial charge in [0.2, 0.25) is 5.16 Å². The monoisotopic (exact) mass is 374 g/mol. The van der Waals surface area contributed by atoms with E-state index in [4.69, 9.17) is 10.6 Å². The van der Waals surface area contributed by atoms with Crippen LogP contribution in [-0.4, -0.2) is 26.8 Å². The van der Waals surface area contributed by atoms with Crippen molar-refractivity contribution in [2.24, 2.45) is 0 Å². The third-order valence-electron chi connectivity index (χ3n) is 3.50. The molecule has 1 aromatic heterocycles. The number of nitrogens with zero attached hydrogens (tertiary/aromatic N) is 3. The van der Waals surface area contributed by atoms with Crippen LogP contribution >= 0.6 is 11.8 Å². The van der Waals surface area contributed by atoms with Gasteiger partial charge in [-0.2, -0.15) is 13.2 Å². The number of alkyl halides is 3. The number of benzene rings is 1. The second-order valence-corrected chi connectivity index (χ2v) is 7.03. The van der Waals surface area contributed by atoms with Crippen LogP contribution < -0.4 is 10.6 Å². The topological polar surface area (TPSA) is 66.0 Å². The third kappa shape index (κ3) is 5.55. The van der Waals surface area contributed by atoms with Gasteiger partial charge in [0.25, 0.3) is 0 Å². The fraction of sp³-hybridized carbons (Fsp3) is 0.500. The summed E-state index contributed by atoms with van der Waals surface area (Å²) in [4.78, 5) is 0. The van der Waals surface area contributed by atoms with Gasteiger partial charge < -0.3 is 10.6 Å². The quantitative estimate of drug-likeness (QED) is 0.585. The van der Waals surface area contributed by atoms with Gasteiger partial charge in [-0.05, 0) is 30.0 Å². The van der Waals surface area contributed by atoms with Gasteiger partial charge in [0.1, 0.15) is 12.4 Å². The number of thioether (sulfide) groups is 1. The van der Waals surface area contributed by atoms with Crippen molar-refractivity contribution >= 4 is 11.8 Å². The second-order valence-electron chi connectivity index (χ2n) is 5.97. The summed E-state index contributed by atoms with van der Waals surface area (Å²) in [5, 5.41) is 7.96. The molecule has 0 unspecified atom stereocenters. The largest absolute Gasteiger partial charge is 0.485 e. The Morgan fingerprint density at radius 3 is 2.64 bits per heavy atom. The van der Waals surface area contributed by atoms with Gasteiger partial charge >= 0.3 is 6.18 Å². The van der Waals surface area contributed by atoms with Crippen LogP contribution in [0.3, 0.4) is 0 Å². The maximum absolute atomic E-state index is 12.2. The molecule has 0 atom stereocenters. The molecule has 2 aromatic rings. The molecule has 9 heteroatoms. The number of rotatable bonds is 7. The zero-order valence-electron chi connectivity index (χ0n) is 14.3. The summed E-state index contributed by atoms with van der Waals surface area (Å²) in [5.41, 5.74) is 2.13. The van der Waals surface area contributed by atoms with Gasteiger partial charge in [0, 0.05) is 5.75 Å². The van der Waals surface area contributed by atoms with Crippen LogP contribution in [0, 0.1) is 6.92 Å². The molecule has 138 valence electrons. The minimum absolute atomic E-state index is 0.0898. The molecule has 5 nitrogen and oxygen atoms in total. The van der Waals surface area contributed by atoms with E-state index in [-0.39, 0.29) is 17.5 Å². The molecule has 0 saturated carbocycles. The van der Waals surface area contributed by atoms with Crippen LogP contribution in [0.2, 0.25) is 0 Å². The van der Waals surface area contributed by atoms with Gasteiger partial charge in [-0.3, -0.25) is 0 Å². The Morgan fingerprint density at radius 2 is 2.00 bits per heavy atom. The highest BCUT2D eigenvalue weighted by molar-refractivity contribution is 7.99. The average molecular weight is 374 g/mol. The molecule has 0 bridgehead atoms. The van der Waals surface area contributed by atoms with Crippen molar-refractivity contribution in [1.29, 1.82) is 0 Å². The number of hydrogen-bond donors (Lipinski definition) is 1. The zero-order valence-corrected chi connectivity index (χ0v) is 15.1. The molecule has 0 radical (unpaired) electrons. The number of aromatic nitrogens is 3. The molecule has 0 aliphatic carbocycles. The molecular weight excluding hydrogens is 353 g/mol. The Hall–Kier alpha value is -1.90. The number of hydrogen-bond acceptors (Lipinski definition) is 5. The Morgan fingerprint density at radius 1 is 1.28 bits per heavy atom. The van der Waals surface area contributed by atoms with Gasteiger partial charge in [-0.25, -0.2) is 4.68 Å². The minimum Gasteiger partial charge on any atom is -0.485 e. The van der Waals surface area contributed by atoms with Crippen molar-refractivity contribution in [2.45, 2.75) is 51.0 Å². The summed E-state index contributed by atoms with van der Waals surface area (Å²) in [7, 11) is 0. The Bertz CT molecular complexity index is 716. The summed E-state index contributed by atoms with van der Waals surface area (Å²) >= 11 is 0.916. The van der Waals surface area contributed by atoms with Crippen molar-refractivity contribution in [2.75, 3.05) is 11.6 Å². The fourth-order valence-electron chi connectivity index (χ4n) is 2.15. The number of ether oxygens (including phenoxy) is 1. The van der Waals surface area contributed by atoms with E-state index in [1.54, 1.807) is 0 Å². The molecule has 0 amide bonds. The molecule has 0 saturated heterocycles. The summed E-state index contributed by atoms with van der Waals surface area (Å²) in [5.74, 6) is 7.08. The Labute approximate surface area is 148 Å². The van der Waals surface area contributed by atoms with Crippen LogP contribution in [0.4, 0.5) is 13.2 Å². The van der Waals surface area contributed by atoms with Crippen molar-refractivity contribution < 1.29 is 17.9 Å². The summed E-state index contributed by atoms with van der Waals surface area (Å²) < 4.78 is 43.6. The summed E-state index contributed by atoms with van der Waals surface area (Å²) in [6, 6.07) is 5.97. The third-order valence-corrected chi connectivity index (χ3v) is 4.44. The van der Waals surface area contributed by atoms with E-state index < -0.39 is 12.6 Å². The van der Waals surface area contributed by atoms with E-state index in [1.165, 1.54) is 4.68 Å². The zero-order chi connectivity index (χ0) is 18.6. The summed E-state index contributed by atoms with van der Waals surface area (Å²) in [6.07, 6.45) is -5.10. The van der Waals surface area contributed by atoms with Gasteiger partial charge in [-0.1, -0.05) is 37.7 Å². The van der Waals surface area contributed by atoms with Crippen molar-refractivity contribution in [3.05, 3.63) is 35.2 Å². The van der Waals surface area contributed by atoms with Gasteiger partial charge in [0.05, 0.1) is 6.42 Å². The minimum atomic E-state index is -4.20. The highest BCUT2D eigenvalue weighted by Crippen LogP contribution is 2.28. The maximum atomic E-state index is 12.2. The fourth-order valence-corrected chi connectivity index (χ4v) is 3.01. The van der Waals surface area contributed by atoms with Crippen LogP contribution in [0.25, 0.3) is 0 Å². The SMILES string of the molecule is Cc1ccc(C(C)C)c(OCc2nnc(SCCC(F)(F)F)n2N)c1. The normalized spacial score (nSPS) is 12.0. The highest BCUT2D eigenvalue weighted by Gasteiger charge is 2.27. The van der Waals surface area contributed by atoms with Crippen molar-refractivity contribution in [3.63, 3.8) is 0 Å². The standard InChI is InChI=1S/C16H21F3N4OS/c1-10(2)12-5-4-11(3)8-13(12)24-9-14-21-22-15(23(14)20)25-7-6-16(17,18)19/h4-5,8,10H,6-7,9,20H2,1-3H3. The maximum Gasteiger partial charge on any atom is 0.389 e. The number of halogens is 3. The van der Waals surface area contributed by atoms with E-state index in [9.17, 15) is 13.2 Å². The smallest absolute Gasteiger partial charge is 0.389 e. The van der Waals surface area contributed by atoms with Crippen LogP contribution in [0.15, 0.2) is 23.4 Å². The number of aryl methyl sites for hydroxylation is 1. The highest BCUT2D eigenvalue weighted by atomic mass is 32.2. The molecule has 25 heavy (non-hydrogen) atoms. The molecule has 2 rings (SSSR count). The molecule has 0 spiro atoms. The van der Waals surface area contributed by atoms with E-state index in [0.717, 1.165) is 28.6 Å². The van der Waals surface area contributed by atoms with Crippen LogP contribution in [-0.2, 0) is 6.61 Å². The van der Waals surface area contributed by atoms with Crippen molar-refractivity contribution in [1.82, 2.24) is 14.9 Å². The predicted molar refractivity (Wildman–Crippen MR) is 91.2 cm³/mol. The van der Waals surface area contributed by atoms with Gasteiger partial charge in [-0.15, -0.1) is 10.2 Å². The second kappa shape index (κ2) is 7.99. The molecule has 0 aliphatic heterocycles. The first-order chi connectivity index (χ1) is 11.7. The lowest BCUT2D eigenvalue weighted by Gasteiger charge is -2.14. The lowest BCUT2D eigenvalue weighted by molar-refractivity contribution is -0.129. The molecule has 1 aromatic carbocycles. The first-order valence-electron chi connectivity index (χ1n) is 7.79. The molecule has 0 fully saturated rings. The first kappa shape index (κ1) is 19.4. The number of nitrogens with two attached hydrogens (primary N) is 1.